The number of rotatable bonds is 2. The highest BCUT2D eigenvalue weighted by atomic mass is 16.5. The summed E-state index contributed by atoms with van der Waals surface area (Å²) in [5.74, 6) is 1.83. The van der Waals surface area contributed by atoms with Crippen molar-refractivity contribution in [1.29, 1.82) is 5.26 Å². The van der Waals surface area contributed by atoms with Crippen molar-refractivity contribution < 1.29 is 4.74 Å². The second kappa shape index (κ2) is 6.26. The first kappa shape index (κ1) is 15.8. The molecule has 1 aliphatic heterocycles. The third-order valence-corrected chi connectivity index (χ3v) is 2.69. The molecule has 0 unspecified atom stereocenters. The maximum atomic E-state index is 9.03. The van der Waals surface area contributed by atoms with E-state index in [1.54, 1.807) is 12.2 Å². The Labute approximate surface area is 121 Å². The van der Waals surface area contributed by atoms with Crippen LogP contribution in [0, 0.1) is 29.2 Å². The highest BCUT2D eigenvalue weighted by Crippen LogP contribution is 2.34. The molecule has 0 aliphatic carbocycles. The topological polar surface area (TPSA) is 37.4 Å². The van der Waals surface area contributed by atoms with Crippen LogP contribution in [0.4, 0.5) is 0 Å². The summed E-state index contributed by atoms with van der Waals surface area (Å²) in [5.41, 5.74) is 0.520. The third-order valence-electron chi connectivity index (χ3n) is 2.69. The maximum Gasteiger partial charge on any atom is 0.269 e. The minimum Gasteiger partial charge on any atom is -0.461 e. The van der Waals surface area contributed by atoms with Gasteiger partial charge in [0.25, 0.3) is 5.70 Å². The van der Waals surface area contributed by atoms with E-state index < -0.39 is 0 Å². The van der Waals surface area contributed by atoms with Crippen LogP contribution >= 0.6 is 0 Å². The monoisotopic (exact) mass is 268 g/mol. The van der Waals surface area contributed by atoms with E-state index in [9.17, 15) is 0 Å². The van der Waals surface area contributed by atoms with E-state index in [0.717, 1.165) is 5.76 Å². The van der Waals surface area contributed by atoms with Crippen LogP contribution in [-0.2, 0) is 4.74 Å². The van der Waals surface area contributed by atoms with E-state index in [0.29, 0.717) is 17.3 Å². The van der Waals surface area contributed by atoms with Crippen LogP contribution < -0.4 is 0 Å². The standard InChI is InChI=1S/C17H20N2O/c1-12(2)7-8-14-9-13(15(11-18)19-6)10-16(20-14)17(3,4)5/h7-10,12H,1-5H3/b8-7+,15-13-. The van der Waals surface area contributed by atoms with Crippen molar-refractivity contribution in [3.05, 3.63) is 58.5 Å². The largest absolute Gasteiger partial charge is 0.461 e. The van der Waals surface area contributed by atoms with Gasteiger partial charge in [0.2, 0.25) is 0 Å². The van der Waals surface area contributed by atoms with E-state index in [2.05, 4.69) is 18.7 Å². The number of nitrogens with zero attached hydrogens (tertiary/aromatic N) is 2. The Bertz CT molecular complexity index is 566. The summed E-state index contributed by atoms with van der Waals surface area (Å²) in [5, 5.41) is 9.03. The lowest BCUT2D eigenvalue weighted by Gasteiger charge is -2.26. The highest BCUT2D eigenvalue weighted by molar-refractivity contribution is 5.50. The molecule has 0 saturated carbocycles. The molecule has 1 heterocycles. The fourth-order valence-corrected chi connectivity index (χ4v) is 1.55. The van der Waals surface area contributed by atoms with Crippen LogP contribution in [0.25, 0.3) is 4.85 Å². The molecule has 0 aromatic carbocycles. The Morgan fingerprint density at radius 2 is 2.05 bits per heavy atom. The summed E-state index contributed by atoms with van der Waals surface area (Å²) in [6, 6.07) is 1.94. The lowest BCUT2D eigenvalue weighted by atomic mass is 9.91. The number of nitriles is 1. The van der Waals surface area contributed by atoms with Gasteiger partial charge in [0.05, 0.1) is 12.6 Å². The Hall–Kier alpha value is -2.26. The fourth-order valence-electron chi connectivity index (χ4n) is 1.55. The van der Waals surface area contributed by atoms with Gasteiger partial charge in [-0.1, -0.05) is 40.7 Å². The summed E-state index contributed by atoms with van der Waals surface area (Å²) in [6.45, 7) is 17.4. The van der Waals surface area contributed by atoms with Crippen LogP contribution in [0.1, 0.15) is 34.6 Å². The Morgan fingerprint density at radius 1 is 1.40 bits per heavy atom. The molecule has 0 amide bonds. The number of ether oxygens (including phenoxy) is 1. The van der Waals surface area contributed by atoms with Gasteiger partial charge in [0.15, 0.2) is 0 Å². The van der Waals surface area contributed by atoms with Gasteiger partial charge < -0.3 is 4.74 Å². The molecule has 3 nitrogen and oxygen atoms in total. The van der Waals surface area contributed by atoms with Crippen LogP contribution in [0.15, 0.2) is 47.1 Å². The van der Waals surface area contributed by atoms with Gasteiger partial charge in [-0.05, 0) is 29.7 Å². The molecule has 104 valence electrons. The molecule has 0 aromatic rings. The van der Waals surface area contributed by atoms with Gasteiger partial charge in [0.1, 0.15) is 11.5 Å². The second-order valence-corrected chi connectivity index (χ2v) is 6.04. The van der Waals surface area contributed by atoms with Crippen molar-refractivity contribution in [2.45, 2.75) is 34.6 Å². The molecule has 0 spiro atoms. The first-order chi connectivity index (χ1) is 9.27. The summed E-state index contributed by atoms with van der Waals surface area (Å²) in [6.07, 6.45) is 7.44. The van der Waals surface area contributed by atoms with Crippen molar-refractivity contribution in [3.8, 4) is 6.07 Å². The smallest absolute Gasteiger partial charge is 0.269 e. The molecule has 0 radical (unpaired) electrons. The van der Waals surface area contributed by atoms with Gasteiger partial charge in [-0.25, -0.2) is 10.1 Å². The van der Waals surface area contributed by atoms with Crippen molar-refractivity contribution >= 4 is 0 Å². The lowest BCUT2D eigenvalue weighted by Crippen LogP contribution is -2.15. The van der Waals surface area contributed by atoms with E-state index in [1.165, 1.54) is 0 Å². The van der Waals surface area contributed by atoms with Crippen molar-refractivity contribution in [2.75, 3.05) is 0 Å². The lowest BCUT2D eigenvalue weighted by molar-refractivity contribution is 0.223. The SMILES string of the molecule is [C-]#[N+]/C(C#N)=C1C=C(/C=C/C(C)C)OC(C(C)(C)C)=C/1. The minimum absolute atomic E-state index is 0.0884. The zero-order chi connectivity index (χ0) is 15.3. The normalized spacial score (nSPS) is 18.0. The number of hydrogen-bond donors (Lipinski definition) is 0. The van der Waals surface area contributed by atoms with Gasteiger partial charge in [0, 0.05) is 5.41 Å². The molecular weight excluding hydrogens is 248 g/mol. The first-order valence-corrected chi connectivity index (χ1v) is 6.59. The number of hydrogen-bond acceptors (Lipinski definition) is 2. The summed E-state index contributed by atoms with van der Waals surface area (Å²) < 4.78 is 5.86. The van der Waals surface area contributed by atoms with E-state index in [4.69, 9.17) is 16.6 Å². The summed E-state index contributed by atoms with van der Waals surface area (Å²) in [4.78, 5) is 3.28. The molecule has 3 heteroatoms. The van der Waals surface area contributed by atoms with E-state index in [1.807, 2.05) is 39.0 Å². The van der Waals surface area contributed by atoms with E-state index in [-0.39, 0.29) is 11.1 Å². The zero-order valence-corrected chi connectivity index (χ0v) is 12.7. The molecular formula is C17H20N2O. The molecule has 0 bridgehead atoms. The maximum absolute atomic E-state index is 9.03. The molecule has 20 heavy (non-hydrogen) atoms. The number of allylic oxidation sites excluding steroid dienone is 7. The molecule has 0 aromatic heterocycles. The molecule has 0 saturated heterocycles. The van der Waals surface area contributed by atoms with Crippen molar-refractivity contribution in [2.24, 2.45) is 11.3 Å². The molecule has 1 aliphatic rings. The second-order valence-electron chi connectivity index (χ2n) is 6.04. The van der Waals surface area contributed by atoms with Gasteiger partial charge in [-0.2, -0.15) is 0 Å². The first-order valence-electron chi connectivity index (χ1n) is 6.59. The molecule has 0 fully saturated rings. The van der Waals surface area contributed by atoms with Crippen LogP contribution in [-0.4, -0.2) is 0 Å². The van der Waals surface area contributed by atoms with Crippen LogP contribution in [0.2, 0.25) is 0 Å². The summed E-state index contributed by atoms with van der Waals surface area (Å²) >= 11 is 0. The van der Waals surface area contributed by atoms with Gasteiger partial charge >= 0.3 is 0 Å². The van der Waals surface area contributed by atoms with Crippen LogP contribution in [0.5, 0.6) is 0 Å². The Balaban J connectivity index is 3.30. The van der Waals surface area contributed by atoms with Crippen LogP contribution in [0.3, 0.4) is 0 Å². The minimum atomic E-state index is -0.182. The average Bonchev–Trinajstić information content (AvgIpc) is 2.36. The van der Waals surface area contributed by atoms with Crippen molar-refractivity contribution in [1.82, 2.24) is 0 Å². The Morgan fingerprint density at radius 3 is 2.50 bits per heavy atom. The molecule has 0 N–H and O–H groups in total. The average molecular weight is 268 g/mol. The summed E-state index contributed by atoms with van der Waals surface area (Å²) in [7, 11) is 0. The predicted molar refractivity (Wildman–Crippen MR) is 79.9 cm³/mol. The fraction of sp³-hybridized carbons (Fsp3) is 0.412. The Kier molecular flexibility index (Phi) is 4.94. The highest BCUT2D eigenvalue weighted by Gasteiger charge is 2.23. The molecule has 1 rings (SSSR count). The predicted octanol–water partition coefficient (Wildman–Crippen LogP) is 4.74. The van der Waals surface area contributed by atoms with Gasteiger partial charge in [-0.3, -0.25) is 0 Å². The quantitative estimate of drug-likeness (QED) is 0.536. The zero-order valence-electron chi connectivity index (χ0n) is 12.7. The molecule has 0 atom stereocenters. The van der Waals surface area contributed by atoms with E-state index >= 15 is 0 Å². The van der Waals surface area contributed by atoms with Crippen molar-refractivity contribution in [3.63, 3.8) is 0 Å². The van der Waals surface area contributed by atoms with Gasteiger partial charge in [-0.15, -0.1) is 0 Å². The third kappa shape index (κ3) is 4.14.